The maximum atomic E-state index is 2.51. The molecule has 0 bridgehead atoms. The molecule has 0 N–H and O–H groups in total. The minimum Gasteiger partial charge on any atom is -0.310 e. The van der Waals surface area contributed by atoms with Crippen LogP contribution in [0.1, 0.15) is 49.9 Å². The highest BCUT2D eigenvalue weighted by Crippen LogP contribution is 2.55. The Morgan fingerprint density at radius 2 is 0.592 bits per heavy atom. The molecular formula is C70H53N. The molecule has 11 aromatic carbocycles. The lowest BCUT2D eigenvalue weighted by molar-refractivity contribution is 0.660. The number of rotatable bonds is 8. The molecular weight excluding hydrogens is 855 g/mol. The smallest absolute Gasteiger partial charge is 0.0540 e. The molecule has 0 spiro atoms. The van der Waals surface area contributed by atoms with Crippen LogP contribution in [0.25, 0.3) is 88.7 Å². The molecule has 11 aromatic rings. The molecule has 1 heteroatoms. The van der Waals surface area contributed by atoms with E-state index >= 15 is 0 Å². The Morgan fingerprint density at radius 3 is 1.13 bits per heavy atom. The lowest BCUT2D eigenvalue weighted by atomic mass is 9.81. The van der Waals surface area contributed by atoms with Gasteiger partial charge in [-0.25, -0.2) is 0 Å². The van der Waals surface area contributed by atoms with Crippen molar-refractivity contribution in [2.45, 2.75) is 38.5 Å². The third-order valence-electron chi connectivity index (χ3n) is 15.7. The van der Waals surface area contributed by atoms with Gasteiger partial charge in [-0.3, -0.25) is 0 Å². The van der Waals surface area contributed by atoms with Gasteiger partial charge in [-0.05, 0) is 154 Å². The number of fused-ring (bicyclic) bond motifs is 7. The van der Waals surface area contributed by atoms with Crippen LogP contribution in [0.3, 0.4) is 0 Å². The highest BCUT2D eigenvalue weighted by Gasteiger charge is 2.38. The van der Waals surface area contributed by atoms with Gasteiger partial charge in [0.25, 0.3) is 0 Å². The molecule has 2 aliphatic rings. The first-order valence-corrected chi connectivity index (χ1v) is 25.0. The highest BCUT2D eigenvalue weighted by molar-refractivity contribution is 5.94. The summed E-state index contributed by atoms with van der Waals surface area (Å²) in [5.74, 6) is 0. The zero-order valence-corrected chi connectivity index (χ0v) is 40.6. The molecule has 0 saturated carbocycles. The molecule has 0 aliphatic heterocycles. The Kier molecular flexibility index (Phi) is 9.94. The summed E-state index contributed by atoms with van der Waals surface area (Å²) in [5.41, 5.74) is 25.8. The van der Waals surface area contributed by atoms with Crippen molar-refractivity contribution < 1.29 is 0 Å². The van der Waals surface area contributed by atoms with E-state index in [1.54, 1.807) is 0 Å². The molecule has 0 atom stereocenters. The molecule has 338 valence electrons. The summed E-state index contributed by atoms with van der Waals surface area (Å²) in [4.78, 5) is 2.51. The zero-order valence-electron chi connectivity index (χ0n) is 40.6. The number of anilines is 3. The van der Waals surface area contributed by atoms with Crippen molar-refractivity contribution in [3.05, 3.63) is 271 Å². The number of benzene rings is 11. The molecule has 0 unspecified atom stereocenters. The van der Waals surface area contributed by atoms with Gasteiger partial charge >= 0.3 is 0 Å². The second-order valence-corrected chi connectivity index (χ2v) is 20.5. The quantitative estimate of drug-likeness (QED) is 0.147. The standard InChI is InChI=1S/C70H53N/c1-69(2)64-42-55(51-25-23-49(24-26-51)46-15-7-5-8-16-46)33-37-60(64)62-39-35-57(44-66(62)69)71(68-22-14-13-21-59(68)52-30-27-50(28-31-52)47-17-9-6-10-18-47)58-36-40-63-61-38-34-56(43-65(61)70(3,4)67(63)45-58)54-32-29-48-19-11-12-20-53(48)41-54/h5-45H,1-4H3. The third kappa shape index (κ3) is 7.14. The van der Waals surface area contributed by atoms with E-state index in [4.69, 9.17) is 0 Å². The van der Waals surface area contributed by atoms with E-state index in [0.29, 0.717) is 0 Å². The van der Waals surface area contributed by atoms with Crippen molar-refractivity contribution in [1.29, 1.82) is 0 Å². The van der Waals surface area contributed by atoms with Gasteiger partial charge in [-0.1, -0.05) is 228 Å². The third-order valence-corrected chi connectivity index (χ3v) is 15.7. The lowest BCUT2D eigenvalue weighted by Gasteiger charge is -2.31. The van der Waals surface area contributed by atoms with E-state index in [1.165, 1.54) is 111 Å². The van der Waals surface area contributed by atoms with Crippen molar-refractivity contribution in [1.82, 2.24) is 0 Å². The van der Waals surface area contributed by atoms with Gasteiger partial charge in [-0.2, -0.15) is 0 Å². The first kappa shape index (κ1) is 42.6. The molecule has 0 amide bonds. The molecule has 0 aromatic heterocycles. The summed E-state index contributed by atoms with van der Waals surface area (Å²) in [5, 5.41) is 2.53. The van der Waals surface area contributed by atoms with Crippen LogP contribution in [-0.2, 0) is 10.8 Å². The normalized spacial score (nSPS) is 13.6. The largest absolute Gasteiger partial charge is 0.310 e. The lowest BCUT2D eigenvalue weighted by Crippen LogP contribution is -2.18. The Labute approximate surface area is 418 Å². The fraction of sp³-hybridized carbons (Fsp3) is 0.0857. The summed E-state index contributed by atoms with van der Waals surface area (Å²) in [6.45, 7) is 9.60. The Hall–Kier alpha value is -8.52. The van der Waals surface area contributed by atoms with Crippen LogP contribution in [0.5, 0.6) is 0 Å². The Balaban J connectivity index is 0.914. The second-order valence-electron chi connectivity index (χ2n) is 20.5. The molecule has 13 rings (SSSR count). The van der Waals surface area contributed by atoms with Crippen LogP contribution < -0.4 is 4.90 Å². The van der Waals surface area contributed by atoms with Gasteiger partial charge in [0.05, 0.1) is 5.69 Å². The number of hydrogen-bond acceptors (Lipinski definition) is 1. The summed E-state index contributed by atoms with van der Waals surface area (Å²) >= 11 is 0. The summed E-state index contributed by atoms with van der Waals surface area (Å²) < 4.78 is 0. The van der Waals surface area contributed by atoms with E-state index in [0.717, 1.165) is 17.1 Å². The number of para-hydroxylation sites is 1. The maximum Gasteiger partial charge on any atom is 0.0540 e. The molecule has 0 saturated heterocycles. The fourth-order valence-corrected chi connectivity index (χ4v) is 11.8. The average molecular weight is 908 g/mol. The van der Waals surface area contributed by atoms with E-state index in [-0.39, 0.29) is 10.8 Å². The predicted octanol–water partition coefficient (Wildman–Crippen LogP) is 19.3. The Morgan fingerprint density at radius 1 is 0.239 bits per heavy atom. The van der Waals surface area contributed by atoms with Crippen LogP contribution in [0, 0.1) is 0 Å². The van der Waals surface area contributed by atoms with Gasteiger partial charge in [0.2, 0.25) is 0 Å². The molecule has 2 aliphatic carbocycles. The molecule has 0 fully saturated rings. The summed E-state index contributed by atoms with van der Waals surface area (Å²) in [6, 6.07) is 92.4. The van der Waals surface area contributed by atoms with E-state index in [2.05, 4.69) is 281 Å². The zero-order chi connectivity index (χ0) is 47.8. The molecule has 0 heterocycles. The number of nitrogens with zero attached hydrogens (tertiary/aromatic N) is 1. The topological polar surface area (TPSA) is 3.24 Å². The minimum absolute atomic E-state index is 0.229. The van der Waals surface area contributed by atoms with Crippen LogP contribution in [-0.4, -0.2) is 0 Å². The van der Waals surface area contributed by atoms with Gasteiger partial charge in [0, 0.05) is 27.8 Å². The first-order chi connectivity index (χ1) is 34.7. The van der Waals surface area contributed by atoms with Crippen molar-refractivity contribution in [3.63, 3.8) is 0 Å². The van der Waals surface area contributed by atoms with E-state index in [9.17, 15) is 0 Å². The van der Waals surface area contributed by atoms with Crippen LogP contribution in [0.2, 0.25) is 0 Å². The van der Waals surface area contributed by atoms with Crippen LogP contribution in [0.4, 0.5) is 17.1 Å². The van der Waals surface area contributed by atoms with Gasteiger partial charge in [0.15, 0.2) is 0 Å². The van der Waals surface area contributed by atoms with Crippen molar-refractivity contribution in [2.24, 2.45) is 0 Å². The minimum atomic E-state index is -0.233. The summed E-state index contributed by atoms with van der Waals surface area (Å²) in [6.07, 6.45) is 0. The monoisotopic (exact) mass is 907 g/mol. The van der Waals surface area contributed by atoms with Gasteiger partial charge < -0.3 is 4.90 Å². The van der Waals surface area contributed by atoms with Crippen molar-refractivity contribution >= 4 is 27.8 Å². The van der Waals surface area contributed by atoms with E-state index in [1.807, 2.05) is 0 Å². The van der Waals surface area contributed by atoms with Crippen LogP contribution in [0.15, 0.2) is 249 Å². The van der Waals surface area contributed by atoms with Gasteiger partial charge in [-0.15, -0.1) is 0 Å². The average Bonchev–Trinajstić information content (AvgIpc) is 3.79. The Bertz CT molecular complexity index is 3840. The SMILES string of the molecule is CC1(C)c2cc(-c3ccc(-c4ccccc4)cc3)ccc2-c2ccc(N(c3ccc4c(c3)C(C)(C)c3cc(-c5ccc6ccccc6c5)ccc3-4)c3ccccc3-c3ccc(-c4ccccc4)cc3)cc21. The molecule has 0 radical (unpaired) electrons. The fourth-order valence-electron chi connectivity index (χ4n) is 11.8. The molecule has 1 nitrogen and oxygen atoms in total. The van der Waals surface area contributed by atoms with Gasteiger partial charge in [0.1, 0.15) is 0 Å². The second kappa shape index (κ2) is 16.6. The number of hydrogen-bond donors (Lipinski definition) is 0. The first-order valence-electron chi connectivity index (χ1n) is 25.0. The van der Waals surface area contributed by atoms with Crippen molar-refractivity contribution in [2.75, 3.05) is 4.90 Å². The van der Waals surface area contributed by atoms with Crippen molar-refractivity contribution in [3.8, 4) is 77.9 Å². The van der Waals surface area contributed by atoms with E-state index < -0.39 is 0 Å². The summed E-state index contributed by atoms with van der Waals surface area (Å²) in [7, 11) is 0. The molecule has 71 heavy (non-hydrogen) atoms. The predicted molar refractivity (Wildman–Crippen MR) is 301 cm³/mol. The highest BCUT2D eigenvalue weighted by atomic mass is 15.1. The van der Waals surface area contributed by atoms with Crippen LogP contribution >= 0.6 is 0 Å². The maximum absolute atomic E-state index is 2.51.